The van der Waals surface area contributed by atoms with Gasteiger partial charge in [-0.05, 0) is 22.0 Å². The third-order valence-corrected chi connectivity index (χ3v) is 3.13. The van der Waals surface area contributed by atoms with Crippen molar-refractivity contribution in [2.45, 2.75) is 12.0 Å². The third-order valence-electron chi connectivity index (χ3n) is 2.69. The van der Waals surface area contributed by atoms with Gasteiger partial charge in [-0.2, -0.15) is 0 Å². The molecule has 0 aromatic carbocycles. The maximum Gasteiger partial charge on any atom is 0.259 e. The molecule has 1 aromatic rings. The van der Waals surface area contributed by atoms with E-state index < -0.39 is 5.60 Å². The predicted octanol–water partition coefficient (Wildman–Crippen LogP) is 0.894. The van der Waals surface area contributed by atoms with E-state index in [0.717, 1.165) is 4.47 Å². The van der Waals surface area contributed by atoms with Gasteiger partial charge < -0.3 is 10.0 Å². The van der Waals surface area contributed by atoms with Gasteiger partial charge in [-0.15, -0.1) is 0 Å². The zero-order valence-corrected chi connectivity index (χ0v) is 9.86. The zero-order valence-electron chi connectivity index (χ0n) is 8.27. The van der Waals surface area contributed by atoms with Gasteiger partial charge in [0.05, 0.1) is 0 Å². The number of carbonyl (C=O) groups excluding carboxylic acids is 1. The van der Waals surface area contributed by atoms with E-state index in [9.17, 15) is 9.90 Å². The van der Waals surface area contributed by atoms with Gasteiger partial charge in [-0.25, -0.2) is 0 Å². The molecule has 0 bridgehead atoms. The molecule has 1 amide bonds. The first-order valence-electron chi connectivity index (χ1n) is 4.63. The number of nitrogens with zero attached hydrogens (tertiary/aromatic N) is 2. The van der Waals surface area contributed by atoms with Crippen molar-refractivity contribution in [2.24, 2.45) is 0 Å². The Morgan fingerprint density at radius 3 is 2.87 bits per heavy atom. The molecule has 0 radical (unpaired) electrons. The maximum absolute atomic E-state index is 11.8. The van der Waals surface area contributed by atoms with Crippen LogP contribution in [0.5, 0.6) is 0 Å². The summed E-state index contributed by atoms with van der Waals surface area (Å²) in [5, 5.41) is 10.3. The van der Waals surface area contributed by atoms with Crippen LogP contribution < -0.4 is 0 Å². The average molecular weight is 271 g/mol. The zero-order chi connectivity index (χ0) is 11.1. The highest BCUT2D eigenvalue weighted by atomic mass is 79.9. The molecule has 0 saturated carbocycles. The molecule has 1 unspecified atom stereocenters. The van der Waals surface area contributed by atoms with Crippen LogP contribution in [0.2, 0.25) is 0 Å². The molecular weight excluding hydrogens is 260 g/mol. The first kappa shape index (κ1) is 10.6. The summed E-state index contributed by atoms with van der Waals surface area (Å²) in [7, 11) is 1.69. The molecule has 80 valence electrons. The molecule has 2 heterocycles. The van der Waals surface area contributed by atoms with Crippen molar-refractivity contribution in [3.05, 3.63) is 28.5 Å². The standard InChI is InChI=1S/C10H11BrN2O2/c1-13-3-2-10(15,9(13)14)7-4-8(11)6-12-5-7/h4-6,15H,2-3H2,1H3. The molecule has 1 atom stereocenters. The van der Waals surface area contributed by atoms with E-state index >= 15 is 0 Å². The van der Waals surface area contributed by atoms with Gasteiger partial charge in [0, 0.05) is 42.4 Å². The smallest absolute Gasteiger partial charge is 0.259 e. The Labute approximate surface area is 96.1 Å². The van der Waals surface area contributed by atoms with E-state index in [1.54, 1.807) is 19.3 Å². The van der Waals surface area contributed by atoms with Gasteiger partial charge >= 0.3 is 0 Å². The van der Waals surface area contributed by atoms with E-state index in [1.807, 2.05) is 0 Å². The number of halogens is 1. The van der Waals surface area contributed by atoms with Crippen molar-refractivity contribution in [3.8, 4) is 0 Å². The summed E-state index contributed by atoms with van der Waals surface area (Å²) in [6.45, 7) is 0.571. The molecule has 1 N–H and O–H groups in total. The minimum Gasteiger partial charge on any atom is -0.375 e. The van der Waals surface area contributed by atoms with Gasteiger partial charge in [-0.1, -0.05) is 0 Å². The number of aliphatic hydroxyl groups is 1. The highest BCUT2D eigenvalue weighted by Crippen LogP contribution is 2.32. The van der Waals surface area contributed by atoms with Crippen LogP contribution >= 0.6 is 15.9 Å². The quantitative estimate of drug-likeness (QED) is 0.825. The number of hydrogen-bond donors (Lipinski definition) is 1. The van der Waals surface area contributed by atoms with Crippen LogP contribution in [0.15, 0.2) is 22.9 Å². The second-order valence-corrected chi connectivity index (χ2v) is 4.64. The van der Waals surface area contributed by atoms with Crippen LogP contribution in [0.4, 0.5) is 0 Å². The molecular formula is C10H11BrN2O2. The Hall–Kier alpha value is -0.940. The molecule has 4 nitrogen and oxygen atoms in total. The number of amides is 1. The fourth-order valence-electron chi connectivity index (χ4n) is 1.76. The lowest BCUT2D eigenvalue weighted by Gasteiger charge is -2.20. The topological polar surface area (TPSA) is 53.4 Å². The molecule has 0 aliphatic carbocycles. The Kier molecular flexibility index (Phi) is 2.52. The predicted molar refractivity (Wildman–Crippen MR) is 58.1 cm³/mol. The van der Waals surface area contributed by atoms with Gasteiger partial charge in [0.1, 0.15) is 0 Å². The average Bonchev–Trinajstić information content (AvgIpc) is 2.48. The van der Waals surface area contributed by atoms with Crippen molar-refractivity contribution in [1.29, 1.82) is 0 Å². The van der Waals surface area contributed by atoms with Crippen molar-refractivity contribution >= 4 is 21.8 Å². The number of likely N-dealkylation sites (N-methyl/N-ethyl adjacent to an activating group) is 1. The third kappa shape index (κ3) is 1.66. The molecule has 0 spiro atoms. The van der Waals surface area contributed by atoms with Crippen LogP contribution in [0.1, 0.15) is 12.0 Å². The molecule has 1 saturated heterocycles. The van der Waals surface area contributed by atoms with Crippen molar-refractivity contribution in [2.75, 3.05) is 13.6 Å². The summed E-state index contributed by atoms with van der Waals surface area (Å²) in [4.78, 5) is 17.3. The maximum atomic E-state index is 11.8. The SMILES string of the molecule is CN1CCC(O)(c2cncc(Br)c2)C1=O. The molecule has 1 fully saturated rings. The molecule has 1 aliphatic heterocycles. The highest BCUT2D eigenvalue weighted by Gasteiger charge is 2.45. The number of likely N-dealkylation sites (tertiary alicyclic amines) is 1. The minimum absolute atomic E-state index is 0.262. The first-order valence-corrected chi connectivity index (χ1v) is 5.42. The van der Waals surface area contributed by atoms with E-state index in [0.29, 0.717) is 18.5 Å². The van der Waals surface area contributed by atoms with Crippen molar-refractivity contribution in [3.63, 3.8) is 0 Å². The molecule has 15 heavy (non-hydrogen) atoms. The molecule has 5 heteroatoms. The normalized spacial score (nSPS) is 26.1. The van der Waals surface area contributed by atoms with Crippen LogP contribution in [0.3, 0.4) is 0 Å². The number of aromatic nitrogens is 1. The van der Waals surface area contributed by atoms with E-state index in [1.165, 1.54) is 11.1 Å². The number of carbonyl (C=O) groups is 1. The Bertz CT molecular complexity index is 410. The lowest BCUT2D eigenvalue weighted by atomic mass is 9.94. The van der Waals surface area contributed by atoms with Gasteiger partial charge in [0.15, 0.2) is 5.60 Å². The summed E-state index contributed by atoms with van der Waals surface area (Å²) in [6, 6.07) is 1.73. The largest absolute Gasteiger partial charge is 0.375 e. The number of rotatable bonds is 1. The molecule has 2 rings (SSSR count). The minimum atomic E-state index is -1.40. The number of hydrogen-bond acceptors (Lipinski definition) is 3. The molecule has 1 aromatic heterocycles. The van der Waals surface area contributed by atoms with Crippen molar-refractivity contribution < 1.29 is 9.90 Å². The summed E-state index contributed by atoms with van der Waals surface area (Å²) >= 11 is 3.27. The monoisotopic (exact) mass is 270 g/mol. The fraction of sp³-hybridized carbons (Fsp3) is 0.400. The van der Waals surface area contributed by atoms with Crippen molar-refractivity contribution in [1.82, 2.24) is 9.88 Å². The Morgan fingerprint density at radius 2 is 2.33 bits per heavy atom. The van der Waals surface area contributed by atoms with Gasteiger partial charge in [-0.3, -0.25) is 9.78 Å². The summed E-state index contributed by atoms with van der Waals surface area (Å²) in [6.07, 6.45) is 3.57. The summed E-state index contributed by atoms with van der Waals surface area (Å²) in [5.74, 6) is -0.262. The van der Waals surface area contributed by atoms with Crippen LogP contribution in [-0.2, 0) is 10.4 Å². The van der Waals surface area contributed by atoms with Crippen LogP contribution in [0, 0.1) is 0 Å². The van der Waals surface area contributed by atoms with Gasteiger partial charge in [0.2, 0.25) is 0 Å². The second-order valence-electron chi connectivity index (χ2n) is 3.73. The molecule has 1 aliphatic rings. The van der Waals surface area contributed by atoms with Crippen LogP contribution in [0.25, 0.3) is 0 Å². The van der Waals surface area contributed by atoms with Gasteiger partial charge in [0.25, 0.3) is 5.91 Å². The Morgan fingerprint density at radius 1 is 1.60 bits per heavy atom. The lowest BCUT2D eigenvalue weighted by molar-refractivity contribution is -0.143. The number of pyridine rings is 1. The summed E-state index contributed by atoms with van der Waals surface area (Å²) in [5.41, 5.74) is -0.850. The van der Waals surface area contributed by atoms with E-state index in [2.05, 4.69) is 20.9 Å². The van der Waals surface area contributed by atoms with E-state index in [-0.39, 0.29) is 5.91 Å². The summed E-state index contributed by atoms with van der Waals surface area (Å²) < 4.78 is 0.760. The fourth-order valence-corrected chi connectivity index (χ4v) is 2.12. The highest BCUT2D eigenvalue weighted by molar-refractivity contribution is 9.10. The van der Waals surface area contributed by atoms with E-state index in [4.69, 9.17) is 0 Å². The lowest BCUT2D eigenvalue weighted by Crippen LogP contribution is -2.36. The van der Waals surface area contributed by atoms with Crippen LogP contribution in [-0.4, -0.2) is 34.5 Å². The Balaban J connectivity index is 2.42. The second kappa shape index (κ2) is 3.57. The first-order chi connectivity index (χ1) is 7.04.